The predicted molar refractivity (Wildman–Crippen MR) is 82.2 cm³/mol. The molecule has 22 heavy (non-hydrogen) atoms. The van der Waals surface area contributed by atoms with Crippen molar-refractivity contribution in [3.05, 3.63) is 29.8 Å². The second-order valence-electron chi connectivity index (χ2n) is 5.56. The van der Waals surface area contributed by atoms with Crippen molar-refractivity contribution in [2.45, 2.75) is 4.90 Å². The van der Waals surface area contributed by atoms with E-state index >= 15 is 0 Å². The van der Waals surface area contributed by atoms with E-state index in [1.165, 1.54) is 10.4 Å². The molecule has 0 aliphatic rings. The molecule has 0 heterocycles. The van der Waals surface area contributed by atoms with Crippen molar-refractivity contribution in [2.75, 3.05) is 54.4 Å². The Hall–Kier alpha value is -1.09. The lowest BCUT2D eigenvalue weighted by Gasteiger charge is -2.25. The SMILES string of the molecule is CN(C)CCN(CCN(C)C)S(=O)(=O)c1cccc(F)c1F. The molecule has 0 aliphatic carbocycles. The van der Waals surface area contributed by atoms with Gasteiger partial charge in [0.05, 0.1) is 0 Å². The number of benzene rings is 1. The highest BCUT2D eigenvalue weighted by atomic mass is 32.2. The molecule has 1 aromatic rings. The first-order chi connectivity index (χ1) is 10.2. The largest absolute Gasteiger partial charge is 0.308 e. The molecule has 0 saturated carbocycles. The number of sulfonamides is 1. The Morgan fingerprint density at radius 2 is 1.41 bits per heavy atom. The Bertz CT molecular complexity index is 580. The third-order valence-corrected chi connectivity index (χ3v) is 5.04. The minimum atomic E-state index is -4.08. The maximum absolute atomic E-state index is 13.9. The van der Waals surface area contributed by atoms with Gasteiger partial charge in [0.15, 0.2) is 11.6 Å². The number of nitrogens with zero attached hydrogens (tertiary/aromatic N) is 3. The fourth-order valence-electron chi connectivity index (χ4n) is 1.80. The molecule has 5 nitrogen and oxygen atoms in total. The van der Waals surface area contributed by atoms with Gasteiger partial charge in [-0.2, -0.15) is 4.31 Å². The molecule has 0 atom stereocenters. The van der Waals surface area contributed by atoms with Crippen molar-refractivity contribution >= 4 is 10.0 Å². The quantitative estimate of drug-likeness (QED) is 0.713. The van der Waals surface area contributed by atoms with Gasteiger partial charge in [-0.25, -0.2) is 17.2 Å². The maximum Gasteiger partial charge on any atom is 0.246 e. The minimum Gasteiger partial charge on any atom is -0.308 e. The van der Waals surface area contributed by atoms with Crippen LogP contribution in [-0.2, 0) is 10.0 Å². The fraction of sp³-hybridized carbons (Fsp3) is 0.571. The van der Waals surface area contributed by atoms with Crippen LogP contribution in [0.5, 0.6) is 0 Å². The molecule has 0 radical (unpaired) electrons. The van der Waals surface area contributed by atoms with Gasteiger partial charge in [0, 0.05) is 26.2 Å². The number of rotatable bonds is 8. The molecule has 0 aliphatic heterocycles. The van der Waals surface area contributed by atoms with Crippen LogP contribution in [0.25, 0.3) is 0 Å². The molecule has 0 bridgehead atoms. The first-order valence-corrected chi connectivity index (χ1v) is 8.34. The van der Waals surface area contributed by atoms with Gasteiger partial charge in [-0.15, -0.1) is 0 Å². The van der Waals surface area contributed by atoms with Gasteiger partial charge >= 0.3 is 0 Å². The van der Waals surface area contributed by atoms with Crippen LogP contribution in [0.1, 0.15) is 0 Å². The van der Waals surface area contributed by atoms with Crippen LogP contribution in [-0.4, -0.2) is 76.9 Å². The van der Waals surface area contributed by atoms with Crippen molar-refractivity contribution < 1.29 is 17.2 Å². The molecule has 8 heteroatoms. The Morgan fingerprint density at radius 1 is 0.909 bits per heavy atom. The summed E-state index contributed by atoms with van der Waals surface area (Å²) in [7, 11) is 3.20. The number of halogens is 2. The van der Waals surface area contributed by atoms with Crippen LogP contribution in [0.3, 0.4) is 0 Å². The third-order valence-electron chi connectivity index (χ3n) is 3.13. The fourth-order valence-corrected chi connectivity index (χ4v) is 3.29. The summed E-state index contributed by atoms with van der Waals surface area (Å²) in [5, 5.41) is 0. The molecule has 0 unspecified atom stereocenters. The van der Waals surface area contributed by atoms with Crippen molar-refractivity contribution in [1.82, 2.24) is 14.1 Å². The van der Waals surface area contributed by atoms with Gasteiger partial charge in [-0.05, 0) is 40.3 Å². The summed E-state index contributed by atoms with van der Waals surface area (Å²) in [5.74, 6) is -2.50. The molecule has 126 valence electrons. The van der Waals surface area contributed by atoms with E-state index in [-0.39, 0.29) is 13.1 Å². The first-order valence-electron chi connectivity index (χ1n) is 6.90. The van der Waals surface area contributed by atoms with Gasteiger partial charge in [0.2, 0.25) is 10.0 Å². The van der Waals surface area contributed by atoms with Crippen molar-refractivity contribution in [3.63, 3.8) is 0 Å². The summed E-state index contributed by atoms with van der Waals surface area (Å²) >= 11 is 0. The summed E-state index contributed by atoms with van der Waals surface area (Å²) in [4.78, 5) is 3.05. The molecular formula is C14H23F2N3O2S. The second-order valence-corrected chi connectivity index (χ2v) is 7.47. The van der Waals surface area contributed by atoms with E-state index < -0.39 is 26.6 Å². The van der Waals surface area contributed by atoms with E-state index in [1.807, 2.05) is 38.0 Å². The number of hydrogen-bond acceptors (Lipinski definition) is 4. The van der Waals surface area contributed by atoms with E-state index in [2.05, 4.69) is 0 Å². The Balaban J connectivity index is 3.11. The molecule has 0 aromatic heterocycles. The van der Waals surface area contributed by atoms with Gasteiger partial charge < -0.3 is 9.80 Å². The number of likely N-dealkylation sites (N-methyl/N-ethyl adjacent to an activating group) is 2. The molecule has 0 N–H and O–H groups in total. The highest BCUT2D eigenvalue weighted by Crippen LogP contribution is 2.21. The van der Waals surface area contributed by atoms with Gasteiger partial charge in [-0.3, -0.25) is 0 Å². The van der Waals surface area contributed by atoms with E-state index in [4.69, 9.17) is 0 Å². The average molecular weight is 335 g/mol. The number of hydrogen-bond donors (Lipinski definition) is 0. The smallest absolute Gasteiger partial charge is 0.246 e. The van der Waals surface area contributed by atoms with Crippen LogP contribution in [0.2, 0.25) is 0 Å². The second kappa shape index (κ2) is 7.96. The lowest BCUT2D eigenvalue weighted by Crippen LogP contribution is -2.40. The first kappa shape index (κ1) is 19.0. The highest BCUT2D eigenvalue weighted by molar-refractivity contribution is 7.89. The van der Waals surface area contributed by atoms with E-state index in [9.17, 15) is 17.2 Å². The Kier molecular flexibility index (Phi) is 6.86. The van der Waals surface area contributed by atoms with Crippen LogP contribution < -0.4 is 0 Å². The lowest BCUT2D eigenvalue weighted by molar-refractivity contribution is 0.300. The zero-order chi connectivity index (χ0) is 16.9. The topological polar surface area (TPSA) is 43.9 Å². The summed E-state index contributed by atoms with van der Waals surface area (Å²) in [6, 6.07) is 3.19. The van der Waals surface area contributed by atoms with Gasteiger partial charge in [0.25, 0.3) is 0 Å². The molecule has 0 saturated heterocycles. The third kappa shape index (κ3) is 4.98. The molecular weight excluding hydrogens is 312 g/mol. The lowest BCUT2D eigenvalue weighted by atomic mass is 10.3. The van der Waals surface area contributed by atoms with Crippen LogP contribution in [0.4, 0.5) is 8.78 Å². The van der Waals surface area contributed by atoms with Crippen molar-refractivity contribution in [3.8, 4) is 0 Å². The zero-order valence-electron chi connectivity index (χ0n) is 13.4. The molecule has 0 amide bonds. The molecule has 1 rings (SSSR count). The Labute approximate surface area is 131 Å². The van der Waals surface area contributed by atoms with E-state index in [0.29, 0.717) is 13.1 Å². The normalized spacial score (nSPS) is 12.6. The molecule has 0 spiro atoms. The van der Waals surface area contributed by atoms with Crippen molar-refractivity contribution in [2.24, 2.45) is 0 Å². The summed E-state index contributed by atoms with van der Waals surface area (Å²) < 4.78 is 53.6. The molecule has 0 fully saturated rings. The Morgan fingerprint density at radius 3 is 1.86 bits per heavy atom. The summed E-state index contributed by atoms with van der Waals surface area (Å²) in [6.07, 6.45) is 0. The standard InChI is InChI=1S/C14H23F2N3O2S/c1-17(2)8-10-19(11-9-18(3)4)22(20,21)13-7-5-6-12(15)14(13)16/h5-7H,8-11H2,1-4H3. The highest BCUT2D eigenvalue weighted by Gasteiger charge is 2.28. The van der Waals surface area contributed by atoms with Gasteiger partial charge in [0.1, 0.15) is 4.90 Å². The zero-order valence-corrected chi connectivity index (χ0v) is 14.2. The minimum absolute atomic E-state index is 0.207. The average Bonchev–Trinajstić information content (AvgIpc) is 2.40. The van der Waals surface area contributed by atoms with Crippen LogP contribution >= 0.6 is 0 Å². The maximum atomic E-state index is 13.9. The van der Waals surface area contributed by atoms with Crippen LogP contribution in [0, 0.1) is 11.6 Å². The van der Waals surface area contributed by atoms with Crippen molar-refractivity contribution in [1.29, 1.82) is 0 Å². The van der Waals surface area contributed by atoms with Crippen LogP contribution in [0.15, 0.2) is 23.1 Å². The predicted octanol–water partition coefficient (Wildman–Crippen LogP) is 1.08. The van der Waals surface area contributed by atoms with E-state index in [1.54, 1.807) is 0 Å². The van der Waals surface area contributed by atoms with E-state index in [0.717, 1.165) is 12.1 Å². The van der Waals surface area contributed by atoms with Gasteiger partial charge in [-0.1, -0.05) is 6.07 Å². The summed E-state index contributed by atoms with van der Waals surface area (Å²) in [6.45, 7) is 1.39. The monoisotopic (exact) mass is 335 g/mol. The molecule has 1 aromatic carbocycles. The summed E-state index contributed by atoms with van der Waals surface area (Å²) in [5.41, 5.74) is 0.